The van der Waals surface area contributed by atoms with Gasteiger partial charge in [0.15, 0.2) is 0 Å². The molecule has 1 atom stereocenters. The molecule has 1 fully saturated rings. The first-order chi connectivity index (χ1) is 8.03. The quantitative estimate of drug-likeness (QED) is 0.711. The van der Waals surface area contributed by atoms with E-state index in [1.807, 2.05) is 11.8 Å². The normalized spacial score (nSPS) is 22.6. The molecule has 0 bridgehead atoms. The zero-order chi connectivity index (χ0) is 12.7. The van der Waals surface area contributed by atoms with Crippen molar-refractivity contribution < 1.29 is 9.84 Å². The first-order valence-electron chi connectivity index (χ1n) is 6.65. The van der Waals surface area contributed by atoms with Crippen molar-refractivity contribution in [2.45, 2.75) is 44.5 Å². The van der Waals surface area contributed by atoms with Crippen LogP contribution in [0.2, 0.25) is 0 Å². The van der Waals surface area contributed by atoms with Crippen LogP contribution in [-0.4, -0.2) is 59.5 Å². The molecule has 3 nitrogen and oxygen atoms in total. The van der Waals surface area contributed by atoms with Gasteiger partial charge in [-0.3, -0.25) is 4.90 Å². The lowest BCUT2D eigenvalue weighted by Gasteiger charge is -2.38. The number of aliphatic hydroxyl groups excluding tert-OH is 1. The van der Waals surface area contributed by atoms with Crippen molar-refractivity contribution in [3.8, 4) is 0 Å². The summed E-state index contributed by atoms with van der Waals surface area (Å²) in [6.45, 7) is 10.8. The van der Waals surface area contributed by atoms with Crippen molar-refractivity contribution in [2.75, 3.05) is 38.6 Å². The predicted octanol–water partition coefficient (Wildman–Crippen LogP) is 1.99. The SMILES string of the molecule is CCCCOCC(O)CN1CCSC(C)(C)C1. The number of nitrogens with zero attached hydrogens (tertiary/aromatic N) is 1. The zero-order valence-corrected chi connectivity index (χ0v) is 12.3. The Hall–Kier alpha value is 0.230. The monoisotopic (exact) mass is 261 g/mol. The Morgan fingerprint density at radius 1 is 1.47 bits per heavy atom. The Kier molecular flexibility index (Phi) is 6.85. The van der Waals surface area contributed by atoms with E-state index in [0.717, 1.165) is 44.8 Å². The van der Waals surface area contributed by atoms with Gasteiger partial charge in [-0.05, 0) is 20.3 Å². The molecule has 102 valence electrons. The van der Waals surface area contributed by atoms with E-state index in [1.54, 1.807) is 0 Å². The van der Waals surface area contributed by atoms with E-state index >= 15 is 0 Å². The molecule has 1 unspecified atom stereocenters. The summed E-state index contributed by atoms with van der Waals surface area (Å²) in [4.78, 5) is 2.35. The molecule has 1 saturated heterocycles. The van der Waals surface area contributed by atoms with Crippen molar-refractivity contribution in [3.05, 3.63) is 0 Å². The molecule has 17 heavy (non-hydrogen) atoms. The van der Waals surface area contributed by atoms with Gasteiger partial charge in [-0.25, -0.2) is 0 Å². The average molecular weight is 261 g/mol. The Labute approximate surface area is 110 Å². The van der Waals surface area contributed by atoms with Crippen molar-refractivity contribution >= 4 is 11.8 Å². The van der Waals surface area contributed by atoms with Gasteiger partial charge in [0.1, 0.15) is 0 Å². The van der Waals surface area contributed by atoms with E-state index in [9.17, 15) is 5.11 Å². The number of aliphatic hydroxyl groups is 1. The second kappa shape index (κ2) is 7.62. The van der Waals surface area contributed by atoms with E-state index < -0.39 is 0 Å². The molecule has 1 aliphatic heterocycles. The van der Waals surface area contributed by atoms with Crippen LogP contribution >= 0.6 is 11.8 Å². The molecule has 0 amide bonds. The Balaban J connectivity index is 2.15. The maximum absolute atomic E-state index is 9.90. The van der Waals surface area contributed by atoms with Gasteiger partial charge in [-0.15, -0.1) is 0 Å². The van der Waals surface area contributed by atoms with Gasteiger partial charge < -0.3 is 9.84 Å². The minimum Gasteiger partial charge on any atom is -0.389 e. The Morgan fingerprint density at radius 2 is 2.24 bits per heavy atom. The van der Waals surface area contributed by atoms with E-state index in [1.165, 1.54) is 0 Å². The number of rotatable bonds is 7. The fraction of sp³-hybridized carbons (Fsp3) is 1.00. The van der Waals surface area contributed by atoms with Gasteiger partial charge >= 0.3 is 0 Å². The predicted molar refractivity (Wildman–Crippen MR) is 74.7 cm³/mol. The molecule has 1 N–H and O–H groups in total. The number of thioether (sulfide) groups is 1. The highest BCUT2D eigenvalue weighted by atomic mass is 32.2. The Bertz CT molecular complexity index is 212. The third-order valence-electron chi connectivity index (χ3n) is 2.93. The van der Waals surface area contributed by atoms with Crippen LogP contribution < -0.4 is 0 Å². The first kappa shape index (κ1) is 15.3. The number of unbranched alkanes of at least 4 members (excludes halogenated alkanes) is 1. The summed E-state index contributed by atoms with van der Waals surface area (Å²) >= 11 is 2.02. The highest BCUT2D eigenvalue weighted by Crippen LogP contribution is 2.29. The fourth-order valence-electron chi connectivity index (χ4n) is 2.09. The van der Waals surface area contributed by atoms with Gasteiger partial charge in [0.2, 0.25) is 0 Å². The van der Waals surface area contributed by atoms with Gasteiger partial charge in [0.05, 0.1) is 12.7 Å². The van der Waals surface area contributed by atoms with Crippen molar-refractivity contribution in [1.82, 2.24) is 4.90 Å². The van der Waals surface area contributed by atoms with Gasteiger partial charge in [-0.2, -0.15) is 11.8 Å². The minimum absolute atomic E-state index is 0.320. The molecule has 0 aromatic carbocycles. The highest BCUT2D eigenvalue weighted by molar-refractivity contribution is 8.00. The summed E-state index contributed by atoms with van der Waals surface area (Å²) in [6, 6.07) is 0. The third-order valence-corrected chi connectivity index (χ3v) is 4.22. The summed E-state index contributed by atoms with van der Waals surface area (Å²) in [6.07, 6.45) is 1.89. The topological polar surface area (TPSA) is 32.7 Å². The van der Waals surface area contributed by atoms with Gasteiger partial charge in [0.25, 0.3) is 0 Å². The molecule has 4 heteroatoms. The molecule has 0 spiro atoms. The lowest BCUT2D eigenvalue weighted by molar-refractivity contribution is 0.0152. The lowest BCUT2D eigenvalue weighted by Crippen LogP contribution is -2.46. The summed E-state index contributed by atoms with van der Waals surface area (Å²) in [7, 11) is 0. The Morgan fingerprint density at radius 3 is 2.88 bits per heavy atom. The van der Waals surface area contributed by atoms with E-state index in [-0.39, 0.29) is 6.10 Å². The van der Waals surface area contributed by atoms with Crippen LogP contribution in [0.3, 0.4) is 0 Å². The summed E-state index contributed by atoms with van der Waals surface area (Å²) in [5.74, 6) is 1.16. The number of ether oxygens (including phenoxy) is 1. The van der Waals surface area contributed by atoms with Crippen molar-refractivity contribution in [2.24, 2.45) is 0 Å². The van der Waals surface area contributed by atoms with Crippen molar-refractivity contribution in [1.29, 1.82) is 0 Å². The molecule has 0 aliphatic carbocycles. The number of hydrogen-bond donors (Lipinski definition) is 1. The lowest BCUT2D eigenvalue weighted by atomic mass is 10.1. The molecule has 1 aliphatic rings. The third kappa shape index (κ3) is 6.65. The van der Waals surface area contributed by atoms with E-state index in [2.05, 4.69) is 25.7 Å². The first-order valence-corrected chi connectivity index (χ1v) is 7.64. The second-order valence-electron chi connectivity index (χ2n) is 5.43. The number of hydrogen-bond acceptors (Lipinski definition) is 4. The molecular formula is C13H27NO2S. The molecule has 1 heterocycles. The highest BCUT2D eigenvalue weighted by Gasteiger charge is 2.27. The van der Waals surface area contributed by atoms with Crippen LogP contribution in [0.4, 0.5) is 0 Å². The standard InChI is InChI=1S/C13H27NO2S/c1-4-5-7-16-10-12(15)9-14-6-8-17-13(2,3)11-14/h12,15H,4-11H2,1-3H3. The minimum atomic E-state index is -0.342. The number of β-amino-alcohol motifs (C(OH)–C–C–N with tert-alkyl or cyclic N) is 1. The molecule has 0 saturated carbocycles. The van der Waals surface area contributed by atoms with Crippen LogP contribution in [0.5, 0.6) is 0 Å². The van der Waals surface area contributed by atoms with Gasteiger partial charge in [-0.1, -0.05) is 13.3 Å². The van der Waals surface area contributed by atoms with E-state index in [4.69, 9.17) is 4.74 Å². The molecule has 1 rings (SSSR count). The fourth-order valence-corrected chi connectivity index (χ4v) is 3.26. The van der Waals surface area contributed by atoms with Crippen LogP contribution in [-0.2, 0) is 4.74 Å². The zero-order valence-electron chi connectivity index (χ0n) is 11.4. The molecule has 0 aromatic rings. The summed E-state index contributed by atoms with van der Waals surface area (Å²) in [5, 5.41) is 9.90. The summed E-state index contributed by atoms with van der Waals surface area (Å²) < 4.78 is 5.77. The maximum Gasteiger partial charge on any atom is 0.0900 e. The largest absolute Gasteiger partial charge is 0.389 e. The molecule has 0 aromatic heterocycles. The smallest absolute Gasteiger partial charge is 0.0900 e. The summed E-state index contributed by atoms with van der Waals surface area (Å²) in [5.41, 5.74) is 0. The van der Waals surface area contributed by atoms with Crippen molar-refractivity contribution in [3.63, 3.8) is 0 Å². The molecular weight excluding hydrogens is 234 g/mol. The second-order valence-corrected chi connectivity index (χ2v) is 7.23. The van der Waals surface area contributed by atoms with Crippen LogP contribution in [0.15, 0.2) is 0 Å². The average Bonchev–Trinajstić information content (AvgIpc) is 2.23. The molecule has 0 radical (unpaired) electrons. The van der Waals surface area contributed by atoms with Gasteiger partial charge in [0, 0.05) is 36.7 Å². The van der Waals surface area contributed by atoms with Crippen LogP contribution in [0, 0.1) is 0 Å². The maximum atomic E-state index is 9.90. The van der Waals surface area contributed by atoms with E-state index in [0.29, 0.717) is 11.4 Å². The van der Waals surface area contributed by atoms with Crippen LogP contribution in [0.1, 0.15) is 33.6 Å². The van der Waals surface area contributed by atoms with Crippen LogP contribution in [0.25, 0.3) is 0 Å².